The van der Waals surface area contributed by atoms with Gasteiger partial charge in [-0.1, -0.05) is 19.3 Å². The largest absolute Gasteiger partial charge is 0.370 e. The molecule has 1 heterocycles. The van der Waals surface area contributed by atoms with Crippen LogP contribution in [0.5, 0.6) is 0 Å². The molecule has 2 N–H and O–H groups in total. The fourth-order valence-corrected chi connectivity index (χ4v) is 4.26. The van der Waals surface area contributed by atoms with Crippen LogP contribution >= 0.6 is 0 Å². The van der Waals surface area contributed by atoms with Crippen LogP contribution in [0.15, 0.2) is 0 Å². The summed E-state index contributed by atoms with van der Waals surface area (Å²) in [6.45, 7) is 1.89. The van der Waals surface area contributed by atoms with E-state index in [4.69, 9.17) is 10.5 Å². The first-order valence-electron chi connectivity index (χ1n) is 8.30. The maximum atomic E-state index is 6.47. The summed E-state index contributed by atoms with van der Waals surface area (Å²) >= 11 is 0. The molecule has 2 saturated carbocycles. The van der Waals surface area contributed by atoms with E-state index in [9.17, 15) is 0 Å². The van der Waals surface area contributed by atoms with Crippen molar-refractivity contribution < 1.29 is 4.74 Å². The average Bonchev–Trinajstić information content (AvgIpc) is 3.17. The SMILES string of the molecule is CN(CC1CCC2(CCCCC2)O1)C(CN)C1CC1. The van der Waals surface area contributed by atoms with Gasteiger partial charge in [0, 0.05) is 19.1 Å². The van der Waals surface area contributed by atoms with Crippen molar-refractivity contribution in [1.29, 1.82) is 0 Å². The molecule has 0 bridgehead atoms. The summed E-state index contributed by atoms with van der Waals surface area (Å²) in [7, 11) is 2.24. The van der Waals surface area contributed by atoms with Crippen molar-refractivity contribution in [3.05, 3.63) is 0 Å². The second-order valence-corrected chi connectivity index (χ2v) is 7.10. The topological polar surface area (TPSA) is 38.5 Å². The predicted octanol–water partition coefficient (Wildman–Crippen LogP) is 2.54. The Balaban J connectivity index is 1.50. The van der Waals surface area contributed by atoms with Gasteiger partial charge in [0.05, 0.1) is 11.7 Å². The second-order valence-electron chi connectivity index (χ2n) is 7.10. The lowest BCUT2D eigenvalue weighted by molar-refractivity contribution is -0.0729. The minimum Gasteiger partial charge on any atom is -0.370 e. The van der Waals surface area contributed by atoms with Crippen LogP contribution in [0.25, 0.3) is 0 Å². The maximum absolute atomic E-state index is 6.47. The number of nitrogens with two attached hydrogens (primary N) is 1. The smallest absolute Gasteiger partial charge is 0.0710 e. The number of hydrogen-bond donors (Lipinski definition) is 1. The van der Waals surface area contributed by atoms with Gasteiger partial charge in [-0.05, 0) is 51.5 Å². The molecule has 3 fully saturated rings. The van der Waals surface area contributed by atoms with Gasteiger partial charge in [-0.2, -0.15) is 0 Å². The van der Waals surface area contributed by atoms with Crippen molar-refractivity contribution in [2.45, 2.75) is 75.5 Å². The molecule has 2 unspecified atom stereocenters. The summed E-state index contributed by atoms with van der Waals surface area (Å²) < 4.78 is 6.47. The Bertz CT molecular complexity index is 297. The maximum Gasteiger partial charge on any atom is 0.0710 e. The summed E-state index contributed by atoms with van der Waals surface area (Å²) in [5.74, 6) is 0.861. The van der Waals surface area contributed by atoms with Crippen LogP contribution in [0.3, 0.4) is 0 Å². The van der Waals surface area contributed by atoms with Crippen molar-refractivity contribution in [2.75, 3.05) is 20.1 Å². The lowest BCUT2D eigenvalue weighted by Gasteiger charge is -2.35. The standard InChI is InChI=1S/C16H30N2O/c1-18(15(11-17)13-5-6-13)12-14-7-10-16(19-14)8-3-2-4-9-16/h13-15H,2-12,17H2,1H3. The summed E-state index contributed by atoms with van der Waals surface area (Å²) in [5.41, 5.74) is 6.21. The number of nitrogens with zero attached hydrogens (tertiary/aromatic N) is 1. The van der Waals surface area contributed by atoms with Gasteiger partial charge in [0.15, 0.2) is 0 Å². The van der Waals surface area contributed by atoms with Crippen LogP contribution in [0.4, 0.5) is 0 Å². The molecule has 110 valence electrons. The molecule has 1 saturated heterocycles. The molecule has 0 aromatic rings. The zero-order valence-corrected chi connectivity index (χ0v) is 12.4. The molecule has 0 aromatic carbocycles. The van der Waals surface area contributed by atoms with Crippen molar-refractivity contribution in [3.63, 3.8) is 0 Å². The van der Waals surface area contributed by atoms with Crippen LogP contribution in [0, 0.1) is 5.92 Å². The second kappa shape index (κ2) is 5.71. The molecule has 3 rings (SSSR count). The normalized spacial score (nSPS) is 32.1. The van der Waals surface area contributed by atoms with Crippen LogP contribution in [0.1, 0.15) is 57.8 Å². The van der Waals surface area contributed by atoms with Gasteiger partial charge in [0.2, 0.25) is 0 Å². The number of ether oxygens (including phenoxy) is 1. The first kappa shape index (κ1) is 13.8. The highest BCUT2D eigenvalue weighted by Gasteiger charge is 2.42. The molecule has 0 amide bonds. The van der Waals surface area contributed by atoms with Crippen molar-refractivity contribution in [3.8, 4) is 0 Å². The highest BCUT2D eigenvalue weighted by Crippen LogP contribution is 2.42. The number of hydrogen-bond acceptors (Lipinski definition) is 3. The van der Waals surface area contributed by atoms with Crippen LogP contribution in [-0.4, -0.2) is 42.8 Å². The minimum atomic E-state index is 0.265. The van der Waals surface area contributed by atoms with E-state index in [0.29, 0.717) is 12.1 Å². The third kappa shape index (κ3) is 3.14. The molecule has 1 aliphatic heterocycles. The highest BCUT2D eigenvalue weighted by atomic mass is 16.5. The van der Waals surface area contributed by atoms with Gasteiger partial charge in [-0.15, -0.1) is 0 Å². The molecule has 2 aliphatic carbocycles. The fraction of sp³-hybridized carbons (Fsp3) is 1.00. The molecule has 0 aromatic heterocycles. The van der Waals surface area contributed by atoms with Crippen molar-refractivity contribution >= 4 is 0 Å². The summed E-state index contributed by atoms with van der Waals surface area (Å²) in [4.78, 5) is 2.48. The number of rotatable bonds is 5. The molecule has 3 aliphatic rings. The Morgan fingerprint density at radius 1 is 1.16 bits per heavy atom. The van der Waals surface area contributed by atoms with E-state index in [1.807, 2.05) is 0 Å². The molecule has 1 spiro atoms. The Kier molecular flexibility index (Phi) is 4.16. The summed E-state index contributed by atoms with van der Waals surface area (Å²) in [5, 5.41) is 0. The highest BCUT2D eigenvalue weighted by molar-refractivity contribution is 4.94. The van der Waals surface area contributed by atoms with Crippen LogP contribution in [-0.2, 0) is 4.74 Å². The van der Waals surface area contributed by atoms with Crippen molar-refractivity contribution in [1.82, 2.24) is 4.90 Å². The zero-order chi connectivity index (χ0) is 13.3. The Hall–Kier alpha value is -0.120. The first-order valence-corrected chi connectivity index (χ1v) is 8.30. The summed E-state index contributed by atoms with van der Waals surface area (Å²) in [6, 6.07) is 0.589. The van der Waals surface area contributed by atoms with E-state index < -0.39 is 0 Å². The quantitative estimate of drug-likeness (QED) is 0.831. The average molecular weight is 266 g/mol. The van der Waals surface area contributed by atoms with Crippen LogP contribution in [0.2, 0.25) is 0 Å². The molecule has 3 nitrogen and oxygen atoms in total. The fourth-order valence-electron chi connectivity index (χ4n) is 4.26. The lowest BCUT2D eigenvalue weighted by atomic mass is 9.83. The van der Waals surface area contributed by atoms with E-state index in [2.05, 4.69) is 11.9 Å². The Labute approximate surface area is 117 Å². The predicted molar refractivity (Wildman–Crippen MR) is 78.1 cm³/mol. The molecule has 19 heavy (non-hydrogen) atoms. The third-order valence-electron chi connectivity index (χ3n) is 5.57. The minimum absolute atomic E-state index is 0.265. The van der Waals surface area contributed by atoms with E-state index in [1.165, 1.54) is 57.8 Å². The molecule has 0 radical (unpaired) electrons. The van der Waals surface area contributed by atoms with Gasteiger partial charge >= 0.3 is 0 Å². The molecule has 2 atom stereocenters. The van der Waals surface area contributed by atoms with Crippen LogP contribution < -0.4 is 5.73 Å². The third-order valence-corrected chi connectivity index (χ3v) is 5.57. The van der Waals surface area contributed by atoms with E-state index >= 15 is 0 Å². The Morgan fingerprint density at radius 2 is 1.89 bits per heavy atom. The van der Waals surface area contributed by atoms with Gasteiger partial charge in [-0.3, -0.25) is 4.90 Å². The first-order chi connectivity index (χ1) is 9.22. The molecular weight excluding hydrogens is 236 g/mol. The van der Waals surface area contributed by atoms with E-state index in [0.717, 1.165) is 19.0 Å². The van der Waals surface area contributed by atoms with Gasteiger partial charge < -0.3 is 10.5 Å². The van der Waals surface area contributed by atoms with Gasteiger partial charge in [0.25, 0.3) is 0 Å². The van der Waals surface area contributed by atoms with E-state index in [1.54, 1.807) is 0 Å². The summed E-state index contributed by atoms with van der Waals surface area (Å²) in [6.07, 6.45) is 12.5. The van der Waals surface area contributed by atoms with Gasteiger partial charge in [-0.25, -0.2) is 0 Å². The Morgan fingerprint density at radius 3 is 2.53 bits per heavy atom. The van der Waals surface area contributed by atoms with E-state index in [-0.39, 0.29) is 5.60 Å². The molecule has 3 heteroatoms. The monoisotopic (exact) mass is 266 g/mol. The number of likely N-dealkylation sites (N-methyl/N-ethyl adjacent to an activating group) is 1. The zero-order valence-electron chi connectivity index (χ0n) is 12.4. The van der Waals surface area contributed by atoms with Gasteiger partial charge in [0.1, 0.15) is 0 Å². The molecular formula is C16H30N2O. The van der Waals surface area contributed by atoms with Crippen molar-refractivity contribution in [2.24, 2.45) is 11.7 Å². The lowest BCUT2D eigenvalue weighted by Crippen LogP contribution is -2.44.